The third-order valence-corrected chi connectivity index (χ3v) is 4.83. The Hall–Kier alpha value is -3.42. The van der Waals surface area contributed by atoms with Crippen LogP contribution in [-0.2, 0) is 24.0 Å². The van der Waals surface area contributed by atoms with Crippen molar-refractivity contribution in [3.05, 3.63) is 0 Å². The molecule has 0 saturated carbocycles. The number of nitrogens with zero attached hydrogens (tertiary/aromatic N) is 1. The number of aliphatic imine (C=N–C) groups is 1. The summed E-state index contributed by atoms with van der Waals surface area (Å²) in [5.41, 5.74) is 10.5. The number of carboxylic acid groups (broad SMARTS) is 1. The predicted molar refractivity (Wildman–Crippen MR) is 107 cm³/mol. The Balaban J connectivity index is 2.13. The fraction of sp³-hybridized carbons (Fsp3) is 0.647. The van der Waals surface area contributed by atoms with Crippen molar-refractivity contribution in [2.75, 3.05) is 19.6 Å². The van der Waals surface area contributed by atoms with Crippen molar-refractivity contribution in [2.24, 2.45) is 16.5 Å². The summed E-state index contributed by atoms with van der Waals surface area (Å²) in [6.07, 6.45) is 0.251. The maximum absolute atomic E-state index is 12.6. The van der Waals surface area contributed by atoms with Gasteiger partial charge in [-0.15, -0.1) is 0 Å². The molecular formula is C17H28N8O6. The number of carbonyl (C=O) groups is 5. The molecule has 0 aromatic heterocycles. The Kier molecular flexibility index (Phi) is 8.54. The zero-order valence-corrected chi connectivity index (χ0v) is 16.8. The fourth-order valence-electron chi connectivity index (χ4n) is 3.31. The van der Waals surface area contributed by atoms with Crippen molar-refractivity contribution in [2.45, 2.75) is 49.9 Å². The number of nitrogens with one attached hydrogen (secondary N) is 5. The van der Waals surface area contributed by atoms with Gasteiger partial charge >= 0.3 is 5.97 Å². The van der Waals surface area contributed by atoms with Crippen LogP contribution in [0.3, 0.4) is 0 Å². The molecule has 0 aromatic carbocycles. The van der Waals surface area contributed by atoms with Gasteiger partial charge < -0.3 is 43.2 Å². The number of rotatable bonds is 6. The van der Waals surface area contributed by atoms with Crippen molar-refractivity contribution >= 4 is 35.6 Å². The molecule has 2 saturated heterocycles. The minimum Gasteiger partial charge on any atom is -0.481 e. The topological polar surface area (TPSA) is 230 Å². The number of hydrogen-bond donors (Lipinski definition) is 8. The van der Waals surface area contributed by atoms with Gasteiger partial charge in [-0.05, 0) is 19.3 Å². The number of nitrogens with two attached hydrogens (primary N) is 2. The lowest BCUT2D eigenvalue weighted by molar-refractivity contribution is -0.141. The lowest BCUT2D eigenvalue weighted by Crippen LogP contribution is -2.55. The average Bonchev–Trinajstić information content (AvgIpc) is 3.15. The highest BCUT2D eigenvalue weighted by Gasteiger charge is 2.34. The molecule has 0 unspecified atom stereocenters. The average molecular weight is 440 g/mol. The van der Waals surface area contributed by atoms with Gasteiger partial charge in [0.1, 0.15) is 12.1 Å². The van der Waals surface area contributed by atoms with E-state index in [2.05, 4.69) is 31.6 Å². The second-order valence-corrected chi connectivity index (χ2v) is 7.35. The third kappa shape index (κ3) is 7.73. The second kappa shape index (κ2) is 11.1. The highest BCUT2D eigenvalue weighted by molar-refractivity contribution is 5.94. The first-order chi connectivity index (χ1) is 14.7. The lowest BCUT2D eigenvalue weighted by atomic mass is 10.1. The molecule has 2 aliphatic heterocycles. The van der Waals surface area contributed by atoms with E-state index in [1.807, 2.05) is 0 Å². The van der Waals surface area contributed by atoms with Gasteiger partial charge in [0.15, 0.2) is 5.96 Å². The number of carbonyl (C=O) groups excluding carboxylic acids is 4. The molecule has 4 atom stereocenters. The second-order valence-electron chi connectivity index (χ2n) is 7.35. The molecule has 172 valence electrons. The van der Waals surface area contributed by atoms with Crippen LogP contribution in [0.4, 0.5) is 0 Å². The molecule has 0 aliphatic carbocycles. The minimum absolute atomic E-state index is 0.0877. The Bertz CT molecular complexity index is 753. The highest BCUT2D eigenvalue weighted by atomic mass is 16.4. The summed E-state index contributed by atoms with van der Waals surface area (Å²) in [5, 5.41) is 22.0. The standard InChI is InChI=1S/C17H28N8O6/c18-17(19)20-3-1-2-9-14(29)22-7-12(26)24-11(5-13(27)28)16(31)23-8-4-10(21-6-8)15(30)25-9/h8-11,21H,1-7H2,(H,22,29)(H,23,31)(H,24,26)(H,25,30)(H,27,28)(H4,18,19,20)/t8-,9-,10-,11-/m0/s1. The van der Waals surface area contributed by atoms with Crippen LogP contribution in [0.1, 0.15) is 25.7 Å². The van der Waals surface area contributed by atoms with E-state index in [1.54, 1.807) is 0 Å². The molecular weight excluding hydrogens is 412 g/mol. The maximum atomic E-state index is 12.6. The summed E-state index contributed by atoms with van der Waals surface area (Å²) in [7, 11) is 0. The molecule has 31 heavy (non-hydrogen) atoms. The fourth-order valence-corrected chi connectivity index (χ4v) is 3.31. The Morgan fingerprint density at radius 2 is 1.77 bits per heavy atom. The van der Waals surface area contributed by atoms with E-state index in [-0.39, 0.29) is 31.9 Å². The molecule has 14 nitrogen and oxygen atoms in total. The van der Waals surface area contributed by atoms with E-state index in [1.165, 1.54) is 0 Å². The molecule has 0 radical (unpaired) electrons. The van der Waals surface area contributed by atoms with Crippen LogP contribution in [0.25, 0.3) is 0 Å². The highest BCUT2D eigenvalue weighted by Crippen LogP contribution is 2.10. The SMILES string of the molecule is NC(N)=NCCC[C@@H]1NC(=O)[C@@H]2C[C@@H](CN2)NC(=O)[C@H](CC(=O)O)NC(=O)CNC1=O. The van der Waals surface area contributed by atoms with Crippen molar-refractivity contribution in [3.63, 3.8) is 0 Å². The number of amides is 4. The Morgan fingerprint density at radius 3 is 2.45 bits per heavy atom. The van der Waals surface area contributed by atoms with Gasteiger partial charge in [0.25, 0.3) is 0 Å². The van der Waals surface area contributed by atoms with Crippen LogP contribution in [0.2, 0.25) is 0 Å². The van der Waals surface area contributed by atoms with Crippen molar-refractivity contribution < 1.29 is 29.1 Å². The van der Waals surface area contributed by atoms with Gasteiger partial charge in [0.2, 0.25) is 23.6 Å². The molecule has 4 amide bonds. The monoisotopic (exact) mass is 440 g/mol. The van der Waals surface area contributed by atoms with Gasteiger partial charge in [0, 0.05) is 19.1 Å². The van der Waals surface area contributed by atoms with Crippen molar-refractivity contribution in [1.29, 1.82) is 0 Å². The van der Waals surface area contributed by atoms with E-state index in [0.29, 0.717) is 6.42 Å². The summed E-state index contributed by atoms with van der Waals surface area (Å²) in [6.45, 7) is 0.0433. The van der Waals surface area contributed by atoms with E-state index in [4.69, 9.17) is 16.6 Å². The molecule has 14 heteroatoms. The Morgan fingerprint density at radius 1 is 1.03 bits per heavy atom. The van der Waals surface area contributed by atoms with Gasteiger partial charge in [-0.3, -0.25) is 29.0 Å². The van der Waals surface area contributed by atoms with E-state index >= 15 is 0 Å². The van der Waals surface area contributed by atoms with Crippen molar-refractivity contribution in [3.8, 4) is 0 Å². The number of aliphatic carboxylic acids is 1. The third-order valence-electron chi connectivity index (χ3n) is 4.83. The summed E-state index contributed by atoms with van der Waals surface area (Å²) < 4.78 is 0. The van der Waals surface area contributed by atoms with Crippen molar-refractivity contribution in [1.82, 2.24) is 26.6 Å². The zero-order chi connectivity index (χ0) is 23.0. The van der Waals surface area contributed by atoms with Gasteiger partial charge in [-0.1, -0.05) is 0 Å². The first-order valence-corrected chi connectivity index (χ1v) is 9.84. The van der Waals surface area contributed by atoms with Crippen LogP contribution in [0, 0.1) is 0 Å². The summed E-state index contributed by atoms with van der Waals surface area (Å²) in [6, 6.07) is -3.32. The molecule has 2 aliphatic rings. The number of guanidine groups is 1. The molecule has 0 spiro atoms. The quantitative estimate of drug-likeness (QED) is 0.113. The lowest BCUT2D eigenvalue weighted by Gasteiger charge is -2.23. The molecule has 2 heterocycles. The smallest absolute Gasteiger partial charge is 0.305 e. The van der Waals surface area contributed by atoms with Crippen LogP contribution in [0.15, 0.2) is 4.99 Å². The summed E-state index contributed by atoms with van der Waals surface area (Å²) >= 11 is 0. The van der Waals surface area contributed by atoms with E-state index in [0.717, 1.165) is 0 Å². The number of fused-ring (bicyclic) bond motifs is 2. The van der Waals surface area contributed by atoms with Crippen LogP contribution >= 0.6 is 0 Å². The molecule has 10 N–H and O–H groups in total. The van der Waals surface area contributed by atoms with Crippen LogP contribution < -0.4 is 38.1 Å². The van der Waals surface area contributed by atoms with Crippen LogP contribution in [-0.4, -0.2) is 84.5 Å². The summed E-state index contributed by atoms with van der Waals surface area (Å²) in [4.78, 5) is 64.6. The maximum Gasteiger partial charge on any atom is 0.305 e. The number of carboxylic acids is 1. The predicted octanol–water partition coefficient (Wildman–Crippen LogP) is -4.54. The Labute approximate surface area is 177 Å². The first-order valence-electron chi connectivity index (χ1n) is 9.84. The van der Waals surface area contributed by atoms with Gasteiger partial charge in [0.05, 0.1) is 19.0 Å². The largest absolute Gasteiger partial charge is 0.481 e. The molecule has 2 rings (SSSR count). The molecule has 0 aromatic rings. The summed E-state index contributed by atoms with van der Waals surface area (Å²) in [5.74, 6) is -3.80. The van der Waals surface area contributed by atoms with Crippen LogP contribution in [0.5, 0.6) is 0 Å². The zero-order valence-electron chi connectivity index (χ0n) is 16.8. The molecule has 2 bridgehead atoms. The molecule has 2 fully saturated rings. The normalized spacial score (nSPS) is 27.2. The van der Waals surface area contributed by atoms with E-state index in [9.17, 15) is 24.0 Å². The van der Waals surface area contributed by atoms with Gasteiger partial charge in [-0.2, -0.15) is 0 Å². The van der Waals surface area contributed by atoms with E-state index < -0.39 is 66.7 Å². The minimum atomic E-state index is -1.31. The van der Waals surface area contributed by atoms with Gasteiger partial charge in [-0.25, -0.2) is 0 Å². The first kappa shape index (κ1) is 23.9. The number of hydrogen-bond acceptors (Lipinski definition) is 7.